The van der Waals surface area contributed by atoms with Gasteiger partial charge in [0.1, 0.15) is 13.2 Å². The molecule has 0 N–H and O–H groups in total. The van der Waals surface area contributed by atoms with E-state index in [0.717, 1.165) is 109 Å². The van der Waals surface area contributed by atoms with Crippen molar-refractivity contribution >= 4 is 17.9 Å². The van der Waals surface area contributed by atoms with Crippen LogP contribution < -0.4 is 0 Å². The lowest BCUT2D eigenvalue weighted by atomic mass is 10.1. The third-order valence-electron chi connectivity index (χ3n) is 12.4. The summed E-state index contributed by atoms with van der Waals surface area (Å²) in [4.78, 5) is 37.9. The molecule has 396 valence electrons. The van der Waals surface area contributed by atoms with Crippen molar-refractivity contribution in [3.63, 3.8) is 0 Å². The summed E-state index contributed by atoms with van der Waals surface area (Å²) in [6, 6.07) is 0. The van der Waals surface area contributed by atoms with Gasteiger partial charge in [-0.2, -0.15) is 0 Å². The van der Waals surface area contributed by atoms with Crippen molar-refractivity contribution in [1.82, 2.24) is 0 Å². The van der Waals surface area contributed by atoms with Crippen molar-refractivity contribution in [2.24, 2.45) is 0 Å². The Morgan fingerprint density at radius 1 is 0.304 bits per heavy atom. The summed E-state index contributed by atoms with van der Waals surface area (Å²) in [7, 11) is 0. The van der Waals surface area contributed by atoms with Crippen molar-refractivity contribution in [1.29, 1.82) is 0 Å². The number of carbonyl (C=O) groups excluding carboxylic acids is 3. The molecule has 0 amide bonds. The van der Waals surface area contributed by atoms with Gasteiger partial charge in [0.05, 0.1) is 0 Å². The summed E-state index contributed by atoms with van der Waals surface area (Å²) in [5.74, 6) is -0.878. The molecule has 0 aromatic heterocycles. The van der Waals surface area contributed by atoms with E-state index in [2.05, 4.69) is 106 Å². The minimum atomic E-state index is -0.773. The van der Waals surface area contributed by atoms with Gasteiger partial charge in [-0.25, -0.2) is 0 Å². The van der Waals surface area contributed by atoms with Gasteiger partial charge in [0.25, 0.3) is 0 Å². The first-order valence-electron chi connectivity index (χ1n) is 29.1. The maximum absolute atomic E-state index is 12.8. The summed E-state index contributed by atoms with van der Waals surface area (Å²) >= 11 is 0. The highest BCUT2D eigenvalue weighted by Gasteiger charge is 2.19. The maximum atomic E-state index is 12.8. The number of hydrogen-bond donors (Lipinski definition) is 0. The van der Waals surface area contributed by atoms with Gasteiger partial charge in [-0.1, -0.05) is 266 Å². The predicted octanol–water partition coefficient (Wildman–Crippen LogP) is 19.5. The number of esters is 3. The summed E-state index contributed by atoms with van der Waals surface area (Å²) in [6.07, 6.45) is 74.5. The Morgan fingerprint density at radius 3 is 0.884 bits per heavy atom. The van der Waals surface area contributed by atoms with E-state index in [9.17, 15) is 14.4 Å². The number of allylic oxidation sites excluding steroid dienone is 14. The molecule has 0 aromatic rings. The number of carbonyl (C=O) groups is 3. The Labute approximate surface area is 426 Å². The number of rotatable bonds is 52. The van der Waals surface area contributed by atoms with E-state index >= 15 is 0 Å². The Bertz CT molecular complexity index is 1330. The average Bonchev–Trinajstić information content (AvgIpc) is 3.35. The standard InChI is InChI=1S/C63H108O6/c1-4-7-10-13-16-19-21-22-23-24-25-26-27-28-29-30-31-32-33-34-35-36-37-38-39-40-42-44-47-50-53-56-62(65)68-59-60(58-67-61(64)55-52-49-46-43-18-15-12-9-6-3)69-63(66)57-54-51-48-45-41-20-17-14-11-8-5-2/h7,10,16,19,22-23,25-26,28-29,31-32,34-35,60H,4-6,8-9,11-15,17-18,20-21,24,27,30,33,36-59H2,1-3H3/b10-7-,19-16-,23-22-,26-25-,29-28-,32-31-,35-34-. The Morgan fingerprint density at radius 2 is 0.565 bits per heavy atom. The van der Waals surface area contributed by atoms with Crippen LogP contribution >= 0.6 is 0 Å². The second kappa shape index (κ2) is 57.2. The molecule has 6 nitrogen and oxygen atoms in total. The summed E-state index contributed by atoms with van der Waals surface area (Å²) in [6.45, 7) is 6.50. The maximum Gasteiger partial charge on any atom is 0.306 e. The van der Waals surface area contributed by atoms with E-state index in [1.165, 1.54) is 128 Å². The topological polar surface area (TPSA) is 78.9 Å². The fraction of sp³-hybridized carbons (Fsp3) is 0.730. The molecule has 0 aliphatic heterocycles. The third-order valence-corrected chi connectivity index (χ3v) is 12.4. The van der Waals surface area contributed by atoms with Gasteiger partial charge in [-0.3, -0.25) is 14.4 Å². The fourth-order valence-corrected chi connectivity index (χ4v) is 8.07. The monoisotopic (exact) mass is 961 g/mol. The molecule has 0 saturated heterocycles. The zero-order valence-electron chi connectivity index (χ0n) is 45.3. The molecule has 0 saturated carbocycles. The van der Waals surface area contributed by atoms with Crippen LogP contribution in [0.1, 0.15) is 278 Å². The van der Waals surface area contributed by atoms with E-state index in [-0.39, 0.29) is 31.1 Å². The normalized spacial score (nSPS) is 12.7. The van der Waals surface area contributed by atoms with E-state index in [1.54, 1.807) is 0 Å². The largest absolute Gasteiger partial charge is 0.462 e. The van der Waals surface area contributed by atoms with Gasteiger partial charge < -0.3 is 14.2 Å². The quantitative estimate of drug-likeness (QED) is 0.0262. The van der Waals surface area contributed by atoms with Crippen molar-refractivity contribution in [3.05, 3.63) is 85.1 Å². The van der Waals surface area contributed by atoms with Crippen molar-refractivity contribution in [2.75, 3.05) is 13.2 Å². The number of ether oxygens (including phenoxy) is 3. The van der Waals surface area contributed by atoms with E-state index in [4.69, 9.17) is 14.2 Å². The molecule has 0 bridgehead atoms. The summed E-state index contributed by atoms with van der Waals surface area (Å²) < 4.78 is 16.8. The molecule has 1 atom stereocenters. The molecule has 69 heavy (non-hydrogen) atoms. The molecule has 0 aromatic carbocycles. The molecule has 6 heteroatoms. The van der Waals surface area contributed by atoms with Gasteiger partial charge in [0, 0.05) is 19.3 Å². The lowest BCUT2D eigenvalue weighted by molar-refractivity contribution is -0.167. The third kappa shape index (κ3) is 55.4. The van der Waals surface area contributed by atoms with Crippen molar-refractivity contribution < 1.29 is 28.6 Å². The molecule has 0 radical (unpaired) electrons. The zero-order valence-corrected chi connectivity index (χ0v) is 45.3. The SMILES string of the molecule is CC/C=C\C/C=C\C/C=C\C/C=C\C/C=C\C/C=C\C/C=C\CCCCCCCCCCCC(=O)OCC(COC(=O)CCCCCCCCCCC)OC(=O)CCCCCCCCCCCCC. The molecule has 0 rings (SSSR count). The Kier molecular flexibility index (Phi) is 54.3. The second-order valence-electron chi connectivity index (χ2n) is 19.2. The highest BCUT2D eigenvalue weighted by atomic mass is 16.6. The lowest BCUT2D eigenvalue weighted by Crippen LogP contribution is -2.30. The lowest BCUT2D eigenvalue weighted by Gasteiger charge is -2.18. The van der Waals surface area contributed by atoms with Crippen LogP contribution in [-0.2, 0) is 28.6 Å². The first-order valence-corrected chi connectivity index (χ1v) is 29.1. The molecule has 0 heterocycles. The molecule has 0 fully saturated rings. The molecular formula is C63H108O6. The van der Waals surface area contributed by atoms with Crippen LogP contribution in [0.2, 0.25) is 0 Å². The van der Waals surface area contributed by atoms with Gasteiger partial charge in [0.2, 0.25) is 0 Å². The van der Waals surface area contributed by atoms with E-state index in [0.29, 0.717) is 19.3 Å². The minimum Gasteiger partial charge on any atom is -0.462 e. The van der Waals surface area contributed by atoms with Crippen LogP contribution in [0.3, 0.4) is 0 Å². The second-order valence-corrected chi connectivity index (χ2v) is 19.2. The molecule has 0 aliphatic carbocycles. The molecule has 0 aliphatic rings. The number of hydrogen-bond acceptors (Lipinski definition) is 6. The van der Waals surface area contributed by atoms with Crippen LogP contribution in [0.5, 0.6) is 0 Å². The van der Waals surface area contributed by atoms with Crippen LogP contribution in [0.4, 0.5) is 0 Å². The van der Waals surface area contributed by atoms with Gasteiger partial charge >= 0.3 is 17.9 Å². The smallest absolute Gasteiger partial charge is 0.306 e. The van der Waals surface area contributed by atoms with Crippen LogP contribution in [0.25, 0.3) is 0 Å². The Balaban J connectivity index is 4.13. The van der Waals surface area contributed by atoms with Crippen LogP contribution in [0.15, 0.2) is 85.1 Å². The molecule has 0 spiro atoms. The van der Waals surface area contributed by atoms with Gasteiger partial charge in [-0.15, -0.1) is 0 Å². The van der Waals surface area contributed by atoms with Crippen molar-refractivity contribution in [3.8, 4) is 0 Å². The fourth-order valence-electron chi connectivity index (χ4n) is 8.07. The van der Waals surface area contributed by atoms with Crippen molar-refractivity contribution in [2.45, 2.75) is 284 Å². The van der Waals surface area contributed by atoms with Gasteiger partial charge in [-0.05, 0) is 77.0 Å². The first kappa shape index (κ1) is 65.6. The average molecular weight is 962 g/mol. The van der Waals surface area contributed by atoms with E-state index in [1.807, 2.05) is 0 Å². The Hall–Kier alpha value is -3.41. The van der Waals surface area contributed by atoms with E-state index < -0.39 is 6.10 Å². The summed E-state index contributed by atoms with van der Waals surface area (Å²) in [5, 5.41) is 0. The highest BCUT2D eigenvalue weighted by Crippen LogP contribution is 2.15. The van der Waals surface area contributed by atoms with Crippen LogP contribution in [0, 0.1) is 0 Å². The molecular weight excluding hydrogens is 853 g/mol. The summed E-state index contributed by atoms with van der Waals surface area (Å²) in [5.41, 5.74) is 0. The molecule has 1 unspecified atom stereocenters. The minimum absolute atomic E-state index is 0.0741. The highest BCUT2D eigenvalue weighted by molar-refractivity contribution is 5.71. The first-order chi connectivity index (χ1) is 34.0. The van der Waals surface area contributed by atoms with Gasteiger partial charge in [0.15, 0.2) is 6.10 Å². The zero-order chi connectivity index (χ0) is 50.0. The van der Waals surface area contributed by atoms with Crippen LogP contribution in [-0.4, -0.2) is 37.2 Å². The predicted molar refractivity (Wildman–Crippen MR) is 297 cm³/mol. The number of unbranched alkanes of at least 4 members (excludes halogenated alkanes) is 27.